The number of rotatable bonds is 4. The maximum Gasteiger partial charge on any atom is 0.138 e. The Morgan fingerprint density at radius 2 is 2.32 bits per heavy atom. The molecular formula is C13H15N5S. The van der Waals surface area contributed by atoms with Gasteiger partial charge in [0.1, 0.15) is 12.2 Å². The second kappa shape index (κ2) is 5.07. The number of aryl methyl sites for hydroxylation is 1. The molecule has 0 aliphatic rings. The summed E-state index contributed by atoms with van der Waals surface area (Å²) in [6, 6.07) is 4.03. The number of nitrogens with two attached hydrogens (primary N) is 1. The van der Waals surface area contributed by atoms with E-state index in [1.165, 1.54) is 4.70 Å². The van der Waals surface area contributed by atoms with Crippen molar-refractivity contribution in [2.75, 3.05) is 0 Å². The minimum absolute atomic E-state index is 0.103. The van der Waals surface area contributed by atoms with Crippen LogP contribution in [0.3, 0.4) is 0 Å². The van der Waals surface area contributed by atoms with Crippen molar-refractivity contribution in [1.82, 2.24) is 19.7 Å². The fourth-order valence-electron chi connectivity index (χ4n) is 2.09. The van der Waals surface area contributed by atoms with Crippen LogP contribution in [0.15, 0.2) is 30.0 Å². The predicted octanol–water partition coefficient (Wildman–Crippen LogP) is 2.15. The van der Waals surface area contributed by atoms with Crippen LogP contribution >= 0.6 is 11.3 Å². The lowest BCUT2D eigenvalue weighted by Crippen LogP contribution is -2.17. The molecule has 0 saturated carbocycles. The maximum absolute atomic E-state index is 6.25. The Morgan fingerprint density at radius 1 is 1.42 bits per heavy atom. The Balaban J connectivity index is 1.84. The van der Waals surface area contributed by atoms with Crippen molar-refractivity contribution in [3.8, 4) is 0 Å². The Labute approximate surface area is 115 Å². The molecule has 3 heterocycles. The third kappa shape index (κ3) is 2.36. The van der Waals surface area contributed by atoms with Crippen LogP contribution in [0.4, 0.5) is 0 Å². The van der Waals surface area contributed by atoms with Gasteiger partial charge in [-0.2, -0.15) is 5.10 Å². The summed E-state index contributed by atoms with van der Waals surface area (Å²) in [5.41, 5.74) is 8.32. The lowest BCUT2D eigenvalue weighted by molar-refractivity contribution is 0.581. The second-order valence-electron chi connectivity index (χ2n) is 4.38. The molecule has 0 amide bonds. The molecule has 0 saturated heterocycles. The highest BCUT2D eigenvalue weighted by atomic mass is 32.1. The molecule has 0 bridgehead atoms. The van der Waals surface area contributed by atoms with E-state index in [1.807, 2.05) is 29.2 Å². The molecule has 0 spiro atoms. The normalized spacial score (nSPS) is 12.9. The number of thiophene rings is 1. The third-order valence-corrected chi connectivity index (χ3v) is 4.00. The van der Waals surface area contributed by atoms with Crippen LogP contribution in [0, 0.1) is 0 Å². The van der Waals surface area contributed by atoms with Gasteiger partial charge in [-0.3, -0.25) is 9.67 Å². The Morgan fingerprint density at radius 3 is 3.16 bits per heavy atom. The van der Waals surface area contributed by atoms with E-state index >= 15 is 0 Å². The van der Waals surface area contributed by atoms with Crippen molar-refractivity contribution in [3.05, 3.63) is 41.4 Å². The summed E-state index contributed by atoms with van der Waals surface area (Å²) >= 11 is 1.68. The average molecular weight is 273 g/mol. The molecule has 0 aromatic carbocycles. The number of hydrogen-bond donors (Lipinski definition) is 1. The summed E-state index contributed by atoms with van der Waals surface area (Å²) in [5, 5.41) is 6.20. The van der Waals surface area contributed by atoms with Gasteiger partial charge in [-0.05, 0) is 30.0 Å². The van der Waals surface area contributed by atoms with Crippen LogP contribution in [0.2, 0.25) is 0 Å². The zero-order valence-corrected chi connectivity index (χ0v) is 11.5. The van der Waals surface area contributed by atoms with E-state index in [1.54, 1.807) is 17.7 Å². The molecule has 3 aromatic rings. The van der Waals surface area contributed by atoms with E-state index in [2.05, 4.69) is 21.1 Å². The van der Waals surface area contributed by atoms with E-state index in [-0.39, 0.29) is 6.04 Å². The lowest BCUT2D eigenvalue weighted by Gasteiger charge is -2.11. The quantitative estimate of drug-likeness (QED) is 0.790. The highest BCUT2D eigenvalue weighted by Crippen LogP contribution is 2.23. The first-order chi connectivity index (χ1) is 9.28. The second-order valence-corrected chi connectivity index (χ2v) is 5.32. The lowest BCUT2D eigenvalue weighted by atomic mass is 10.1. The van der Waals surface area contributed by atoms with E-state index < -0.39 is 0 Å². The van der Waals surface area contributed by atoms with E-state index in [4.69, 9.17) is 5.73 Å². The van der Waals surface area contributed by atoms with Gasteiger partial charge in [0.25, 0.3) is 0 Å². The molecule has 1 atom stereocenters. The fraction of sp³-hybridized carbons (Fsp3) is 0.308. The third-order valence-electron chi connectivity index (χ3n) is 3.15. The molecular weight excluding hydrogens is 258 g/mol. The van der Waals surface area contributed by atoms with Crippen molar-refractivity contribution >= 4 is 21.6 Å². The summed E-state index contributed by atoms with van der Waals surface area (Å²) in [7, 11) is 0. The predicted molar refractivity (Wildman–Crippen MR) is 75.9 cm³/mol. The van der Waals surface area contributed by atoms with Crippen LogP contribution in [0.25, 0.3) is 10.2 Å². The number of fused-ring (bicyclic) bond motifs is 1. The topological polar surface area (TPSA) is 69.6 Å². The molecule has 3 aromatic heterocycles. The van der Waals surface area contributed by atoms with Crippen molar-refractivity contribution in [3.63, 3.8) is 0 Å². The van der Waals surface area contributed by atoms with E-state index in [9.17, 15) is 0 Å². The average Bonchev–Trinajstić information content (AvgIpc) is 3.05. The molecule has 98 valence electrons. The molecule has 19 heavy (non-hydrogen) atoms. The van der Waals surface area contributed by atoms with Crippen molar-refractivity contribution in [2.45, 2.75) is 25.9 Å². The molecule has 2 N–H and O–H groups in total. The Bertz CT molecular complexity index is 687. The summed E-state index contributed by atoms with van der Waals surface area (Å²) in [6.07, 6.45) is 4.10. The number of aromatic nitrogens is 4. The summed E-state index contributed by atoms with van der Waals surface area (Å²) in [4.78, 5) is 8.68. The molecule has 3 rings (SSSR count). The molecule has 0 fully saturated rings. The van der Waals surface area contributed by atoms with Gasteiger partial charge in [-0.15, -0.1) is 11.3 Å². The van der Waals surface area contributed by atoms with Gasteiger partial charge in [0, 0.05) is 25.2 Å². The smallest absolute Gasteiger partial charge is 0.138 e. The SMILES string of the molecule is CCn1ncnc1CC(N)c1cnc2ccsc2c1. The zero-order valence-electron chi connectivity index (χ0n) is 10.7. The van der Waals surface area contributed by atoms with Gasteiger partial charge in [-0.25, -0.2) is 4.98 Å². The first-order valence-electron chi connectivity index (χ1n) is 6.23. The first kappa shape index (κ1) is 12.3. The van der Waals surface area contributed by atoms with Gasteiger partial charge in [-0.1, -0.05) is 0 Å². The molecule has 1 unspecified atom stereocenters. The van der Waals surface area contributed by atoms with Gasteiger partial charge < -0.3 is 5.73 Å². The number of pyridine rings is 1. The van der Waals surface area contributed by atoms with Crippen molar-refractivity contribution in [2.24, 2.45) is 5.73 Å². The summed E-state index contributed by atoms with van der Waals surface area (Å²) in [5.74, 6) is 0.918. The summed E-state index contributed by atoms with van der Waals surface area (Å²) in [6.45, 7) is 2.85. The highest BCUT2D eigenvalue weighted by Gasteiger charge is 2.12. The fourth-order valence-corrected chi connectivity index (χ4v) is 2.88. The van der Waals surface area contributed by atoms with Crippen LogP contribution in [-0.4, -0.2) is 19.7 Å². The van der Waals surface area contributed by atoms with Crippen LogP contribution < -0.4 is 5.73 Å². The van der Waals surface area contributed by atoms with E-state index in [0.29, 0.717) is 6.42 Å². The van der Waals surface area contributed by atoms with Gasteiger partial charge in [0.05, 0.1) is 10.2 Å². The standard InChI is InChI=1S/C13H15N5S/c1-2-18-13(16-8-17-18)6-10(14)9-5-12-11(15-7-9)3-4-19-12/h3-5,7-8,10H,2,6,14H2,1H3. The highest BCUT2D eigenvalue weighted by molar-refractivity contribution is 7.17. The minimum Gasteiger partial charge on any atom is -0.324 e. The number of hydrogen-bond acceptors (Lipinski definition) is 5. The first-order valence-corrected chi connectivity index (χ1v) is 7.11. The minimum atomic E-state index is -0.103. The van der Waals surface area contributed by atoms with Crippen LogP contribution in [-0.2, 0) is 13.0 Å². The van der Waals surface area contributed by atoms with Crippen molar-refractivity contribution in [1.29, 1.82) is 0 Å². The monoisotopic (exact) mass is 273 g/mol. The van der Waals surface area contributed by atoms with Crippen LogP contribution in [0.5, 0.6) is 0 Å². The van der Waals surface area contributed by atoms with Crippen LogP contribution in [0.1, 0.15) is 24.4 Å². The summed E-state index contributed by atoms with van der Waals surface area (Å²) < 4.78 is 3.04. The van der Waals surface area contributed by atoms with Crippen molar-refractivity contribution < 1.29 is 0 Å². The Kier molecular flexibility index (Phi) is 3.27. The molecule has 0 aliphatic carbocycles. The zero-order chi connectivity index (χ0) is 13.2. The van der Waals surface area contributed by atoms with Gasteiger partial charge in [0.2, 0.25) is 0 Å². The van der Waals surface area contributed by atoms with E-state index in [0.717, 1.165) is 23.4 Å². The molecule has 0 aliphatic heterocycles. The molecule has 5 nitrogen and oxygen atoms in total. The Hall–Kier alpha value is -1.79. The largest absolute Gasteiger partial charge is 0.324 e. The van der Waals surface area contributed by atoms with Gasteiger partial charge >= 0.3 is 0 Å². The molecule has 6 heteroatoms. The number of nitrogens with zero attached hydrogens (tertiary/aromatic N) is 4. The van der Waals surface area contributed by atoms with Gasteiger partial charge in [0.15, 0.2) is 0 Å². The molecule has 0 radical (unpaired) electrons. The maximum atomic E-state index is 6.25.